The Morgan fingerprint density at radius 1 is 1.25 bits per heavy atom. The highest BCUT2D eigenvalue weighted by atomic mass is 16.5. The van der Waals surface area contributed by atoms with Crippen molar-refractivity contribution < 1.29 is 4.74 Å². The van der Waals surface area contributed by atoms with E-state index in [0.29, 0.717) is 11.8 Å². The van der Waals surface area contributed by atoms with E-state index in [4.69, 9.17) is 4.74 Å². The molecule has 3 rings (SSSR count). The van der Waals surface area contributed by atoms with Gasteiger partial charge in [-0.05, 0) is 46.5 Å². The molecule has 2 aromatic heterocycles. The first-order chi connectivity index (χ1) is 11.5. The maximum atomic E-state index is 5.83. The molecule has 0 saturated carbocycles. The summed E-state index contributed by atoms with van der Waals surface area (Å²) in [6.45, 7) is 10.8. The zero-order chi connectivity index (χ0) is 17.1. The molecule has 1 unspecified atom stereocenters. The largest absolute Gasteiger partial charge is 0.472 e. The van der Waals surface area contributed by atoms with Gasteiger partial charge in [0.15, 0.2) is 5.82 Å². The van der Waals surface area contributed by atoms with Crippen LogP contribution >= 0.6 is 0 Å². The molecule has 1 saturated heterocycles. The highest BCUT2D eigenvalue weighted by Crippen LogP contribution is 2.29. The maximum Gasteiger partial charge on any atom is 0.257 e. The first kappa shape index (κ1) is 16.7. The molecule has 0 spiro atoms. The smallest absolute Gasteiger partial charge is 0.257 e. The Morgan fingerprint density at radius 3 is 2.75 bits per heavy atom. The monoisotopic (exact) mass is 330 g/mol. The summed E-state index contributed by atoms with van der Waals surface area (Å²) in [5.74, 6) is 3.81. The van der Waals surface area contributed by atoms with E-state index in [0.717, 1.165) is 43.5 Å². The topological polar surface area (TPSA) is 69.0 Å². The third kappa shape index (κ3) is 3.83. The summed E-state index contributed by atoms with van der Waals surface area (Å²) < 4.78 is 7.85. The predicted molar refractivity (Wildman–Crippen MR) is 92.2 cm³/mol. The van der Waals surface area contributed by atoms with Gasteiger partial charge in [-0.15, -0.1) is 0 Å². The highest BCUT2D eigenvalue weighted by Gasteiger charge is 2.25. The van der Waals surface area contributed by atoms with Crippen LogP contribution in [0.1, 0.15) is 38.3 Å². The number of rotatable bonds is 5. The third-order valence-electron chi connectivity index (χ3n) is 4.21. The molecule has 0 N–H and O–H groups in total. The van der Waals surface area contributed by atoms with Crippen molar-refractivity contribution in [2.75, 3.05) is 18.0 Å². The van der Waals surface area contributed by atoms with Gasteiger partial charge in [0.05, 0.1) is 6.10 Å². The van der Waals surface area contributed by atoms with Gasteiger partial charge in [0.25, 0.3) is 5.88 Å². The molecule has 1 aliphatic heterocycles. The van der Waals surface area contributed by atoms with E-state index in [-0.39, 0.29) is 6.10 Å². The molecular formula is C17H26N6O. The molecule has 130 valence electrons. The van der Waals surface area contributed by atoms with Crippen LogP contribution in [0.3, 0.4) is 0 Å². The summed E-state index contributed by atoms with van der Waals surface area (Å²) >= 11 is 0. The molecular weight excluding hydrogens is 304 g/mol. The van der Waals surface area contributed by atoms with Gasteiger partial charge in [-0.25, -0.2) is 19.6 Å². The van der Waals surface area contributed by atoms with Crippen molar-refractivity contribution in [3.63, 3.8) is 0 Å². The predicted octanol–water partition coefficient (Wildman–Crippen LogP) is 2.39. The minimum Gasteiger partial charge on any atom is -0.472 e. The summed E-state index contributed by atoms with van der Waals surface area (Å²) in [6.07, 6.45) is 5.83. The van der Waals surface area contributed by atoms with Gasteiger partial charge in [-0.2, -0.15) is 5.10 Å². The summed E-state index contributed by atoms with van der Waals surface area (Å²) in [6, 6.07) is 0. The van der Waals surface area contributed by atoms with Crippen molar-refractivity contribution >= 4 is 5.82 Å². The Hall–Kier alpha value is -2.18. The Kier molecular flexibility index (Phi) is 4.97. The van der Waals surface area contributed by atoms with Crippen LogP contribution < -0.4 is 9.64 Å². The molecule has 3 heterocycles. The lowest BCUT2D eigenvalue weighted by Crippen LogP contribution is -2.38. The molecule has 0 aliphatic carbocycles. The molecule has 7 nitrogen and oxygen atoms in total. The second kappa shape index (κ2) is 7.15. The zero-order valence-electron chi connectivity index (χ0n) is 14.9. The first-order valence-electron chi connectivity index (χ1n) is 8.63. The van der Waals surface area contributed by atoms with Gasteiger partial charge >= 0.3 is 0 Å². The van der Waals surface area contributed by atoms with Gasteiger partial charge in [-0.3, -0.25) is 0 Å². The normalized spacial score (nSPS) is 18.2. The fourth-order valence-electron chi connectivity index (χ4n) is 3.23. The van der Waals surface area contributed by atoms with Crippen LogP contribution in [0, 0.1) is 19.8 Å². The van der Waals surface area contributed by atoms with Crippen molar-refractivity contribution in [1.82, 2.24) is 24.7 Å². The SMILES string of the molecule is Cc1nc(C)n(CC2CCCN(c3nccnc3OC(C)C)C2)n1. The maximum absolute atomic E-state index is 5.83. The molecule has 24 heavy (non-hydrogen) atoms. The second-order valence-corrected chi connectivity index (χ2v) is 6.69. The number of ether oxygens (including phenoxy) is 1. The van der Waals surface area contributed by atoms with Crippen LogP contribution in [0.2, 0.25) is 0 Å². The lowest BCUT2D eigenvalue weighted by atomic mass is 9.98. The van der Waals surface area contributed by atoms with E-state index < -0.39 is 0 Å². The Bertz CT molecular complexity index is 683. The lowest BCUT2D eigenvalue weighted by molar-refractivity contribution is 0.231. The molecule has 0 amide bonds. The molecule has 7 heteroatoms. The van der Waals surface area contributed by atoms with Gasteiger partial charge in [0.1, 0.15) is 11.6 Å². The molecule has 0 aromatic carbocycles. The summed E-state index contributed by atoms with van der Waals surface area (Å²) in [5, 5.41) is 4.49. The molecule has 0 radical (unpaired) electrons. The number of anilines is 1. The fraction of sp³-hybridized carbons (Fsp3) is 0.647. The minimum absolute atomic E-state index is 0.0850. The Morgan fingerprint density at radius 2 is 2.04 bits per heavy atom. The number of hydrogen-bond acceptors (Lipinski definition) is 6. The average molecular weight is 330 g/mol. The first-order valence-corrected chi connectivity index (χ1v) is 8.63. The number of hydrogen-bond donors (Lipinski definition) is 0. The van der Waals surface area contributed by atoms with Crippen LogP contribution in [-0.2, 0) is 6.54 Å². The van der Waals surface area contributed by atoms with E-state index in [9.17, 15) is 0 Å². The second-order valence-electron chi connectivity index (χ2n) is 6.69. The van der Waals surface area contributed by atoms with Crippen molar-refractivity contribution in [3.05, 3.63) is 24.0 Å². The van der Waals surface area contributed by atoms with Crippen molar-refractivity contribution in [2.45, 2.75) is 53.2 Å². The van der Waals surface area contributed by atoms with Crippen LogP contribution in [-0.4, -0.2) is 43.9 Å². The van der Waals surface area contributed by atoms with Crippen LogP contribution in [0.15, 0.2) is 12.4 Å². The van der Waals surface area contributed by atoms with Gasteiger partial charge in [0.2, 0.25) is 0 Å². The van der Waals surface area contributed by atoms with Gasteiger partial charge in [0, 0.05) is 32.0 Å². The molecule has 2 aromatic rings. The minimum atomic E-state index is 0.0850. The zero-order valence-corrected chi connectivity index (χ0v) is 14.9. The number of nitrogens with zero attached hydrogens (tertiary/aromatic N) is 6. The summed E-state index contributed by atoms with van der Waals surface area (Å²) in [7, 11) is 0. The number of aryl methyl sites for hydroxylation is 2. The standard InChI is InChI=1S/C17H26N6O/c1-12(2)24-17-16(18-7-8-19-17)22-9-5-6-15(10-22)11-23-14(4)20-13(3)21-23/h7-8,12,15H,5-6,9-11H2,1-4H3. The summed E-state index contributed by atoms with van der Waals surface area (Å²) in [4.78, 5) is 15.6. The van der Waals surface area contributed by atoms with Crippen molar-refractivity contribution in [2.24, 2.45) is 5.92 Å². The van der Waals surface area contributed by atoms with Crippen LogP contribution in [0.5, 0.6) is 5.88 Å². The molecule has 1 fully saturated rings. The summed E-state index contributed by atoms with van der Waals surface area (Å²) in [5.41, 5.74) is 0. The van der Waals surface area contributed by atoms with Crippen molar-refractivity contribution in [3.8, 4) is 5.88 Å². The van der Waals surface area contributed by atoms with E-state index >= 15 is 0 Å². The number of piperidine rings is 1. The molecule has 1 atom stereocenters. The van der Waals surface area contributed by atoms with Crippen LogP contribution in [0.4, 0.5) is 5.82 Å². The average Bonchev–Trinajstić information content (AvgIpc) is 2.85. The Labute approximate surface area is 143 Å². The quantitative estimate of drug-likeness (QED) is 0.838. The highest BCUT2D eigenvalue weighted by molar-refractivity contribution is 5.48. The van der Waals surface area contributed by atoms with E-state index in [1.807, 2.05) is 32.4 Å². The number of aromatic nitrogens is 5. The fourth-order valence-corrected chi connectivity index (χ4v) is 3.23. The van der Waals surface area contributed by atoms with Crippen molar-refractivity contribution in [1.29, 1.82) is 0 Å². The van der Waals surface area contributed by atoms with E-state index in [1.54, 1.807) is 12.4 Å². The van der Waals surface area contributed by atoms with Gasteiger partial charge < -0.3 is 9.64 Å². The van der Waals surface area contributed by atoms with Crippen LogP contribution in [0.25, 0.3) is 0 Å². The van der Waals surface area contributed by atoms with Gasteiger partial charge in [-0.1, -0.05) is 0 Å². The molecule has 1 aliphatic rings. The van der Waals surface area contributed by atoms with E-state index in [2.05, 4.69) is 25.0 Å². The lowest BCUT2D eigenvalue weighted by Gasteiger charge is -2.34. The van der Waals surface area contributed by atoms with E-state index in [1.165, 1.54) is 6.42 Å². The Balaban J connectivity index is 1.73. The third-order valence-corrected chi connectivity index (χ3v) is 4.21. The molecule has 0 bridgehead atoms.